The summed E-state index contributed by atoms with van der Waals surface area (Å²) in [7, 11) is 0. The minimum Gasteiger partial charge on any atom is -0.445 e. The van der Waals surface area contributed by atoms with Crippen molar-refractivity contribution in [1.82, 2.24) is 16.0 Å². The molecular weight excluding hydrogens is 595 g/mol. The first kappa shape index (κ1) is 23.3. The van der Waals surface area contributed by atoms with Crippen molar-refractivity contribution in [3.8, 4) is 0 Å². The van der Waals surface area contributed by atoms with E-state index in [1.54, 1.807) is 41.0 Å². The van der Waals surface area contributed by atoms with E-state index >= 15 is 0 Å². The summed E-state index contributed by atoms with van der Waals surface area (Å²) in [5, 5.41) is 4.85. The van der Waals surface area contributed by atoms with Crippen molar-refractivity contribution in [2.75, 3.05) is 13.0 Å². The highest BCUT2D eigenvalue weighted by Gasteiger charge is 2.19. The van der Waals surface area contributed by atoms with Crippen LogP contribution in [0.15, 0.2) is 30.3 Å². The number of primary amides is 2. The van der Waals surface area contributed by atoms with Crippen molar-refractivity contribution in [2.45, 2.75) is 117 Å². The summed E-state index contributed by atoms with van der Waals surface area (Å²) in [6.07, 6.45) is -26.2. The molecule has 0 aromatic heterocycles. The maximum Gasteiger partial charge on any atom is 0.408 e. The van der Waals surface area contributed by atoms with E-state index < -0.39 is 105 Å². The van der Waals surface area contributed by atoms with Crippen molar-refractivity contribution in [1.29, 1.82) is 0 Å². The van der Waals surface area contributed by atoms with Crippen molar-refractivity contribution in [3.63, 3.8) is 0 Å². The van der Waals surface area contributed by atoms with Crippen LogP contribution in [-0.2, 0) is 30.4 Å². The fourth-order valence-electron chi connectivity index (χ4n) is 2.19. The number of ether oxygens (including phenoxy) is 3. The number of nitrogens with one attached hydrogen (secondary N) is 3. The molecule has 0 saturated heterocycles. The van der Waals surface area contributed by atoms with Gasteiger partial charge in [-0.15, -0.1) is 0 Å². The zero-order chi connectivity index (χ0) is 48.1. The maximum absolute atomic E-state index is 12.2. The van der Waals surface area contributed by atoms with E-state index in [-0.39, 0.29) is 22.4 Å². The van der Waals surface area contributed by atoms with Crippen molar-refractivity contribution < 1.29 is 60.1 Å². The second kappa shape index (κ2) is 24.3. The van der Waals surface area contributed by atoms with Crippen LogP contribution in [0.1, 0.15) is 115 Å². The molecule has 9 N–H and O–H groups in total. The van der Waals surface area contributed by atoms with Crippen LogP contribution in [0.2, 0.25) is 0 Å². The van der Waals surface area contributed by atoms with Crippen molar-refractivity contribution >= 4 is 38.5 Å². The van der Waals surface area contributed by atoms with E-state index in [2.05, 4.69) is 0 Å². The third-order valence-corrected chi connectivity index (χ3v) is 3.89. The Morgan fingerprint density at radius 3 is 1.63 bits per heavy atom. The van der Waals surface area contributed by atoms with Gasteiger partial charge in [0.25, 0.3) is 0 Å². The largest absolute Gasteiger partial charge is 0.445 e. The molecule has 0 aliphatic carbocycles. The Morgan fingerprint density at radius 2 is 1.22 bits per heavy atom. The van der Waals surface area contributed by atoms with Crippen LogP contribution in [-0.4, -0.2) is 74.8 Å². The third kappa shape index (κ3) is 27.5. The third-order valence-electron chi connectivity index (χ3n) is 3.89. The molecule has 46 heavy (non-hydrogen) atoms. The number of alkyl carbamates (subject to hydrolysis) is 3. The Hall–Kier alpha value is -4.01. The standard InChI is InChI=1S/C19H29N3O5.C11H23N3O3.CH4.B/c1-19(2,3)27-17(24)21-12-8-7-11-15(16(20)23)22-18(25)26-13-14-9-5-4-6-10-14;1-11(2,3)17-10(16)14-7-5-4-6-8(12)9(13)15;;/h4-6,9-10,15H,7-8,11-13H2,1-3H3,(H2,20,23)(H,21,24)(H,22,25);8H,4-7,12H2,1-3H3,(H2,13,15)(H,14,16);1H4;/t15-;8-;;/m00../s1/i7D2,8D2,11D2,12D2;4D2,5D2,6D2,7D2;;. The number of amides is 5. The van der Waals surface area contributed by atoms with Gasteiger partial charge < -0.3 is 47.4 Å². The lowest BCUT2D eigenvalue weighted by molar-refractivity contribution is -0.120. The maximum atomic E-state index is 12.2. The molecule has 0 aliphatic rings. The Morgan fingerprint density at radius 1 is 0.761 bits per heavy atom. The van der Waals surface area contributed by atoms with Crippen molar-refractivity contribution in [2.24, 2.45) is 17.2 Å². The van der Waals surface area contributed by atoms with Gasteiger partial charge in [0.1, 0.15) is 23.9 Å². The molecule has 1 aromatic rings. The SMILES string of the molecule is C.[2H]C([2H])(NC(=O)OC(C)(C)C)C([2H])([2H])C([2H])([2H])C([2H])([2H])[C@H](N)C(N)=O.[2H]C([2H])(NC(=O)OC(C)(C)C)C([2H])([2H])C([2H])([2H])C([2H])([2H])[C@H](NC(=O)OCc1ccccc1)C(N)=O.[B]. The number of carbonyl (C=O) groups is 5. The summed E-state index contributed by atoms with van der Waals surface area (Å²) in [6.45, 7) is 1.54. The molecule has 1 rings (SSSR count). The number of carbonyl (C=O) groups excluding carboxylic acids is 5. The van der Waals surface area contributed by atoms with Crippen molar-refractivity contribution in [3.05, 3.63) is 35.9 Å². The Balaban J connectivity index is -0.00000115. The fraction of sp³-hybridized carbons (Fsp3) is 0.645. The molecule has 2 atom stereocenters. The topological polar surface area (TPSA) is 227 Å². The van der Waals surface area contributed by atoms with Gasteiger partial charge >= 0.3 is 18.3 Å². The summed E-state index contributed by atoms with van der Waals surface area (Å²) in [5.74, 6) is -3.02. The molecule has 0 bridgehead atoms. The van der Waals surface area contributed by atoms with Crippen LogP contribution in [0.4, 0.5) is 14.4 Å². The zero-order valence-corrected chi connectivity index (χ0v) is 25.8. The van der Waals surface area contributed by atoms with Gasteiger partial charge in [-0.3, -0.25) is 9.59 Å². The van der Waals surface area contributed by atoms with E-state index in [0.29, 0.717) is 5.56 Å². The van der Waals surface area contributed by atoms with Gasteiger partial charge in [-0.1, -0.05) is 37.8 Å². The fourth-order valence-corrected chi connectivity index (χ4v) is 2.19. The zero-order valence-electron chi connectivity index (χ0n) is 41.8. The predicted molar refractivity (Wildman–Crippen MR) is 179 cm³/mol. The molecule has 0 spiro atoms. The summed E-state index contributed by atoms with van der Waals surface area (Å²) in [4.78, 5) is 58.9. The highest BCUT2D eigenvalue weighted by molar-refractivity contribution is 5.84. The minimum absolute atomic E-state index is 0. The van der Waals surface area contributed by atoms with Gasteiger partial charge in [-0.05, 0) is 85.3 Å². The number of nitrogens with two attached hydrogens (primary N) is 3. The Bertz CT molecular complexity index is 1700. The van der Waals surface area contributed by atoms with Crippen LogP contribution in [0.3, 0.4) is 0 Å². The second-order valence-corrected chi connectivity index (χ2v) is 10.2. The average molecular weight is 668 g/mol. The quantitative estimate of drug-likeness (QED) is 0.119. The lowest BCUT2D eigenvalue weighted by atomic mass is 10.1. The molecule has 0 fully saturated rings. The van der Waals surface area contributed by atoms with Gasteiger partial charge in [0, 0.05) is 43.3 Å². The number of hydrogen-bond acceptors (Lipinski definition) is 9. The highest BCUT2D eigenvalue weighted by atomic mass is 16.6. The molecule has 5 amide bonds. The number of rotatable bonds is 15. The van der Waals surface area contributed by atoms with Gasteiger partial charge in [0.15, 0.2) is 0 Å². The van der Waals surface area contributed by atoms with Gasteiger partial charge in [-0.25, -0.2) is 14.4 Å². The van der Waals surface area contributed by atoms with E-state index in [1.165, 1.54) is 46.9 Å². The second-order valence-electron chi connectivity index (χ2n) is 10.2. The summed E-state index contributed by atoms with van der Waals surface area (Å²) in [6, 6.07) is 3.54. The van der Waals surface area contributed by atoms with Crippen LogP contribution >= 0.6 is 0 Å². The molecule has 1 aromatic carbocycles. The first-order chi connectivity index (χ1) is 26.4. The van der Waals surface area contributed by atoms with Gasteiger partial charge in [0.05, 0.1) is 6.04 Å². The van der Waals surface area contributed by atoms with E-state index in [4.69, 9.17) is 53.3 Å². The van der Waals surface area contributed by atoms with E-state index in [1.807, 2.05) is 0 Å². The summed E-state index contributed by atoms with van der Waals surface area (Å²) in [5.41, 5.74) is 13.6. The average Bonchev–Trinajstić information content (AvgIpc) is 3.03. The Labute approximate surface area is 298 Å². The van der Waals surface area contributed by atoms with Crippen LogP contribution < -0.4 is 33.2 Å². The van der Waals surface area contributed by atoms with E-state index in [0.717, 1.165) is 0 Å². The molecular formula is C31H56BN6O8. The highest BCUT2D eigenvalue weighted by Crippen LogP contribution is 2.08. The van der Waals surface area contributed by atoms with Crippen LogP contribution in [0.5, 0.6) is 0 Å². The minimum atomic E-state index is -3.86. The van der Waals surface area contributed by atoms with E-state index in [9.17, 15) is 24.0 Å². The van der Waals surface area contributed by atoms with Gasteiger partial charge in [-0.2, -0.15) is 0 Å². The molecule has 0 saturated carbocycles. The lowest BCUT2D eigenvalue weighted by Gasteiger charge is -2.19. The first-order valence-electron chi connectivity index (χ1n) is 20.7. The molecule has 15 heteroatoms. The molecule has 3 radical (unpaired) electrons. The normalized spacial score (nSPS) is 19.5. The smallest absolute Gasteiger partial charge is 0.408 e. The molecule has 0 unspecified atom stereocenters. The van der Waals surface area contributed by atoms with Gasteiger partial charge in [0.2, 0.25) is 11.8 Å². The monoisotopic (exact) mass is 668 g/mol. The number of benzene rings is 1. The molecule has 0 heterocycles. The van der Waals surface area contributed by atoms with Crippen LogP contribution in [0, 0.1) is 0 Å². The predicted octanol–water partition coefficient (Wildman–Crippen LogP) is 3.21. The molecule has 0 aliphatic heterocycles. The molecule has 14 nitrogen and oxygen atoms in total. The number of hydrogen-bond donors (Lipinski definition) is 6. The Kier molecular flexibility index (Phi) is 12.3. The molecule has 261 valence electrons. The van der Waals surface area contributed by atoms with Crippen LogP contribution in [0.25, 0.3) is 0 Å². The first-order valence-corrected chi connectivity index (χ1v) is 12.7. The summed E-state index contributed by atoms with van der Waals surface area (Å²) >= 11 is 0. The lowest BCUT2D eigenvalue weighted by Crippen LogP contribution is -2.44. The summed E-state index contributed by atoms with van der Waals surface area (Å²) < 4.78 is 140.